The van der Waals surface area contributed by atoms with Gasteiger partial charge < -0.3 is 10.2 Å². The number of aliphatic carboxylic acids is 2. The number of carboxylic acids is 2. The van der Waals surface area contributed by atoms with Crippen LogP contribution in [0.2, 0.25) is 0 Å². The van der Waals surface area contributed by atoms with Crippen molar-refractivity contribution < 1.29 is 32.8 Å². The zero-order chi connectivity index (χ0) is 13.6. The molecule has 0 saturated carbocycles. The highest BCUT2D eigenvalue weighted by atomic mass is 32.2. The molecular weight excluding hydrogens is 240 g/mol. The van der Waals surface area contributed by atoms with Gasteiger partial charge in [0.2, 0.25) is 0 Å². The van der Waals surface area contributed by atoms with Crippen molar-refractivity contribution in [3.63, 3.8) is 0 Å². The van der Waals surface area contributed by atoms with Gasteiger partial charge in [-0.3, -0.25) is 14.1 Å². The number of carboxylic acid groups (broad SMARTS) is 2. The lowest BCUT2D eigenvalue weighted by molar-refractivity contribution is -0.138. The van der Waals surface area contributed by atoms with Gasteiger partial charge in [-0.2, -0.15) is 0 Å². The summed E-state index contributed by atoms with van der Waals surface area (Å²) in [5.74, 6) is -1.42. The molecular formula is C8H18O7S. The molecule has 0 saturated heterocycles. The van der Waals surface area contributed by atoms with Gasteiger partial charge >= 0.3 is 11.9 Å². The summed E-state index contributed by atoms with van der Waals surface area (Å²) in [6, 6.07) is 0. The summed E-state index contributed by atoms with van der Waals surface area (Å²) < 4.78 is 24.2. The molecule has 0 aliphatic heterocycles. The first-order valence-corrected chi connectivity index (χ1v) is 5.67. The monoisotopic (exact) mass is 258 g/mol. The summed E-state index contributed by atoms with van der Waals surface area (Å²) in [6.07, 6.45) is 2.05. The number of hydrogen-bond acceptors (Lipinski definition) is 4. The van der Waals surface area contributed by atoms with Gasteiger partial charge in [0.25, 0.3) is 11.0 Å². The Bertz CT molecular complexity index is 223. The smallest absolute Gasteiger partial charge is 0.303 e. The molecule has 0 aromatic heterocycles. The second-order valence-corrected chi connectivity index (χ2v) is 3.00. The molecule has 0 amide bonds. The molecule has 0 heterocycles. The largest absolute Gasteiger partial charge is 0.481 e. The number of rotatable bonds is 4. The van der Waals surface area contributed by atoms with Crippen molar-refractivity contribution >= 4 is 22.9 Å². The first kappa shape index (κ1) is 20.3. The minimum absolute atomic E-state index is 0.292. The van der Waals surface area contributed by atoms with E-state index in [-0.39, 0.29) is 0 Å². The Labute approximate surface area is 95.9 Å². The van der Waals surface area contributed by atoms with Gasteiger partial charge in [0.15, 0.2) is 0 Å². The Balaban J connectivity index is -0.000000162. The first-order valence-electron chi connectivity index (χ1n) is 4.54. The fourth-order valence-electron chi connectivity index (χ4n) is 0.428. The molecule has 98 valence electrons. The maximum absolute atomic E-state index is 9.60. The molecule has 0 rings (SSSR count). The predicted octanol–water partition coefficient (Wildman–Crippen LogP) is 0.813. The minimum atomic E-state index is -3.12. The van der Waals surface area contributed by atoms with E-state index in [1.165, 1.54) is 0 Å². The Hall–Kier alpha value is -1.15. The van der Waals surface area contributed by atoms with Crippen molar-refractivity contribution in [1.82, 2.24) is 0 Å². The number of carbonyl (C=O) groups is 2. The third kappa shape index (κ3) is 76.7. The van der Waals surface area contributed by atoms with Crippen molar-refractivity contribution in [2.24, 2.45) is 0 Å². The second kappa shape index (κ2) is 16.3. The topological polar surface area (TPSA) is 129 Å². The lowest BCUT2D eigenvalue weighted by atomic mass is 10.4. The summed E-state index contributed by atoms with van der Waals surface area (Å²) in [5, 5.41) is 15.8. The minimum Gasteiger partial charge on any atom is -0.481 e. The van der Waals surface area contributed by atoms with Crippen LogP contribution in [0.1, 0.15) is 39.5 Å². The summed E-state index contributed by atoms with van der Waals surface area (Å²) in [6.45, 7) is 3.68. The first-order chi connectivity index (χ1) is 7.27. The third-order valence-electron chi connectivity index (χ3n) is 0.928. The van der Waals surface area contributed by atoms with E-state index in [0.29, 0.717) is 12.8 Å². The molecule has 3 N–H and O–H groups in total. The highest BCUT2D eigenvalue weighted by Crippen LogP contribution is 1.82. The van der Waals surface area contributed by atoms with Crippen LogP contribution in [0, 0.1) is 0 Å². The molecule has 8 heteroatoms. The average molecular weight is 258 g/mol. The van der Waals surface area contributed by atoms with Crippen LogP contribution in [-0.4, -0.2) is 35.1 Å². The van der Waals surface area contributed by atoms with Crippen LogP contribution in [0.4, 0.5) is 0 Å². The van der Waals surface area contributed by atoms with Crippen LogP contribution in [0.5, 0.6) is 0 Å². The maximum Gasteiger partial charge on any atom is 0.303 e. The van der Waals surface area contributed by atoms with Gasteiger partial charge in [-0.15, -0.1) is 0 Å². The van der Waals surface area contributed by atoms with E-state index in [9.17, 15) is 9.59 Å². The Morgan fingerprint density at radius 1 is 0.938 bits per heavy atom. The molecule has 0 atom stereocenters. The van der Waals surface area contributed by atoms with Crippen LogP contribution in [0.25, 0.3) is 0 Å². The van der Waals surface area contributed by atoms with Crippen molar-refractivity contribution in [2.45, 2.75) is 39.5 Å². The third-order valence-corrected chi connectivity index (χ3v) is 0.928. The van der Waals surface area contributed by atoms with E-state index >= 15 is 0 Å². The molecule has 0 aromatic rings. The van der Waals surface area contributed by atoms with E-state index in [2.05, 4.69) is 0 Å². The molecule has 0 aromatic carbocycles. The fourth-order valence-corrected chi connectivity index (χ4v) is 0.428. The summed E-state index contributed by atoms with van der Waals surface area (Å²) >= 11 is 0. The molecule has 0 aliphatic rings. The molecule has 0 radical (unpaired) electrons. The Morgan fingerprint density at radius 3 is 1.12 bits per heavy atom. The molecule has 0 fully saturated rings. The summed E-state index contributed by atoms with van der Waals surface area (Å²) in [7, 11) is -3.12. The SMILES string of the molecule is CCCC(=O)O.CCCC(=O)O.O=[SH](=O)O. The van der Waals surface area contributed by atoms with E-state index in [1.54, 1.807) is 0 Å². The molecule has 0 bridgehead atoms. The summed E-state index contributed by atoms with van der Waals surface area (Å²) in [5.41, 5.74) is 0. The number of thiol groups is 1. The van der Waals surface area contributed by atoms with E-state index in [4.69, 9.17) is 23.2 Å². The second-order valence-electron chi connectivity index (χ2n) is 2.53. The number of hydrogen-bond donors (Lipinski definition) is 4. The summed E-state index contributed by atoms with van der Waals surface area (Å²) in [4.78, 5) is 19.2. The van der Waals surface area contributed by atoms with Gasteiger partial charge in [-0.25, -0.2) is 8.42 Å². The lowest BCUT2D eigenvalue weighted by Crippen LogP contribution is -1.90. The lowest BCUT2D eigenvalue weighted by Gasteiger charge is -1.79. The van der Waals surface area contributed by atoms with Crippen LogP contribution in [0.15, 0.2) is 0 Å². The molecule has 16 heavy (non-hydrogen) atoms. The zero-order valence-electron chi connectivity index (χ0n) is 9.25. The molecule has 0 unspecified atom stereocenters. The Morgan fingerprint density at radius 2 is 1.12 bits per heavy atom. The highest BCUT2D eigenvalue weighted by molar-refractivity contribution is 7.66. The highest BCUT2D eigenvalue weighted by Gasteiger charge is 1.88. The van der Waals surface area contributed by atoms with Crippen LogP contribution in [-0.2, 0) is 20.6 Å². The van der Waals surface area contributed by atoms with Crippen molar-refractivity contribution in [2.75, 3.05) is 0 Å². The average Bonchev–Trinajstić information content (AvgIpc) is 2.02. The van der Waals surface area contributed by atoms with E-state index in [1.807, 2.05) is 13.8 Å². The fraction of sp³-hybridized carbons (Fsp3) is 0.750. The normalized spacial score (nSPS) is 8.25. The zero-order valence-corrected chi connectivity index (χ0v) is 10.1. The van der Waals surface area contributed by atoms with Crippen LogP contribution < -0.4 is 0 Å². The van der Waals surface area contributed by atoms with Crippen molar-refractivity contribution in [3.05, 3.63) is 0 Å². The Kier molecular flexibility index (Phi) is 20.6. The van der Waals surface area contributed by atoms with Crippen LogP contribution >= 0.6 is 0 Å². The molecule has 0 spiro atoms. The van der Waals surface area contributed by atoms with E-state index in [0.717, 1.165) is 12.8 Å². The standard InChI is InChI=1S/2C4H8O2.H2O3S/c2*1-2-3-4(5)6;1-4(2)3/h2*2-3H2,1H3,(H,5,6);4H,(H,1,2,3). The quantitative estimate of drug-likeness (QED) is 0.433. The van der Waals surface area contributed by atoms with E-state index < -0.39 is 22.9 Å². The van der Waals surface area contributed by atoms with Crippen molar-refractivity contribution in [1.29, 1.82) is 0 Å². The maximum atomic E-state index is 9.60. The van der Waals surface area contributed by atoms with Gasteiger partial charge in [-0.1, -0.05) is 13.8 Å². The molecule has 0 aliphatic carbocycles. The van der Waals surface area contributed by atoms with Crippen LogP contribution in [0.3, 0.4) is 0 Å². The predicted molar refractivity (Wildman–Crippen MR) is 58.0 cm³/mol. The van der Waals surface area contributed by atoms with Gasteiger partial charge in [-0.05, 0) is 12.8 Å². The van der Waals surface area contributed by atoms with Gasteiger partial charge in [0.1, 0.15) is 0 Å². The van der Waals surface area contributed by atoms with Crippen molar-refractivity contribution in [3.8, 4) is 0 Å². The van der Waals surface area contributed by atoms with Gasteiger partial charge in [0.05, 0.1) is 0 Å². The van der Waals surface area contributed by atoms with Gasteiger partial charge in [0, 0.05) is 12.8 Å². The molecule has 7 nitrogen and oxygen atoms in total.